The molecular weight excluding hydrogens is 269 g/mol. The monoisotopic (exact) mass is 291 g/mol. The van der Waals surface area contributed by atoms with Crippen LogP contribution >= 0.6 is 0 Å². The summed E-state index contributed by atoms with van der Waals surface area (Å²) in [6, 6.07) is 6.39. The Bertz CT molecular complexity index is 577. The molecule has 21 heavy (non-hydrogen) atoms. The zero-order valence-corrected chi connectivity index (χ0v) is 12.8. The van der Waals surface area contributed by atoms with E-state index in [1.807, 2.05) is 13.8 Å². The van der Waals surface area contributed by atoms with Gasteiger partial charge in [-0.1, -0.05) is 24.2 Å². The lowest BCUT2D eigenvalue weighted by Crippen LogP contribution is -2.20. The van der Waals surface area contributed by atoms with Gasteiger partial charge in [0.1, 0.15) is 5.82 Å². The van der Waals surface area contributed by atoms with Crippen LogP contribution in [0.4, 0.5) is 4.39 Å². The molecule has 0 aliphatic carbocycles. The summed E-state index contributed by atoms with van der Waals surface area (Å²) in [6.07, 6.45) is 1.65. The van der Waals surface area contributed by atoms with E-state index < -0.39 is 5.41 Å². The highest BCUT2D eigenvalue weighted by Crippen LogP contribution is 2.29. The molecule has 2 rings (SSSR count). The highest BCUT2D eigenvalue weighted by atomic mass is 19.1. The summed E-state index contributed by atoms with van der Waals surface area (Å²) >= 11 is 0. The maximum absolute atomic E-state index is 13.0. The van der Waals surface area contributed by atoms with Gasteiger partial charge in [0.25, 0.3) is 0 Å². The number of aryl methyl sites for hydroxylation is 1. The molecule has 0 amide bonds. The van der Waals surface area contributed by atoms with Crippen molar-refractivity contribution in [1.82, 2.24) is 10.1 Å². The molecule has 0 fully saturated rings. The molecule has 4 nitrogen and oxygen atoms in total. The lowest BCUT2D eigenvalue weighted by atomic mass is 9.84. The second-order valence-corrected chi connectivity index (χ2v) is 6.02. The minimum atomic E-state index is -0.422. The average molecular weight is 291 g/mol. The Hall–Kier alpha value is -1.75. The molecule has 0 bridgehead atoms. The van der Waals surface area contributed by atoms with Crippen LogP contribution in [0.3, 0.4) is 0 Å². The third kappa shape index (κ3) is 3.67. The van der Waals surface area contributed by atoms with Gasteiger partial charge in [-0.05, 0) is 50.4 Å². The van der Waals surface area contributed by atoms with Crippen LogP contribution in [0, 0.1) is 11.7 Å². The normalized spacial score (nSPS) is 13.4. The number of hydrogen-bond acceptors (Lipinski definition) is 4. The molecule has 0 radical (unpaired) electrons. The zero-order chi connectivity index (χ0) is 15.5. The quantitative estimate of drug-likeness (QED) is 0.888. The van der Waals surface area contributed by atoms with Crippen LogP contribution in [-0.4, -0.2) is 16.7 Å². The Labute approximate surface area is 124 Å². The van der Waals surface area contributed by atoms with Crippen molar-refractivity contribution in [1.29, 1.82) is 0 Å². The van der Waals surface area contributed by atoms with Crippen molar-refractivity contribution >= 4 is 0 Å². The minimum Gasteiger partial charge on any atom is -0.339 e. The van der Waals surface area contributed by atoms with Crippen molar-refractivity contribution in [3.05, 3.63) is 47.4 Å². The highest BCUT2D eigenvalue weighted by Gasteiger charge is 2.29. The van der Waals surface area contributed by atoms with Crippen LogP contribution in [0.5, 0.6) is 0 Å². The Kier molecular flexibility index (Phi) is 4.73. The predicted molar refractivity (Wildman–Crippen MR) is 79.4 cm³/mol. The number of hydrogen-bond donors (Lipinski definition) is 1. The van der Waals surface area contributed by atoms with Gasteiger partial charge in [0.15, 0.2) is 5.82 Å². The summed E-state index contributed by atoms with van der Waals surface area (Å²) in [5.74, 6) is 1.43. The zero-order valence-electron chi connectivity index (χ0n) is 12.8. The molecule has 114 valence electrons. The van der Waals surface area contributed by atoms with Crippen LogP contribution in [0.25, 0.3) is 0 Å². The number of rotatable bonds is 6. The molecule has 1 atom stereocenters. The Balaban J connectivity index is 2.13. The van der Waals surface area contributed by atoms with Gasteiger partial charge in [-0.15, -0.1) is 0 Å². The average Bonchev–Trinajstić information content (AvgIpc) is 2.95. The molecule has 0 saturated carbocycles. The van der Waals surface area contributed by atoms with E-state index in [0.29, 0.717) is 24.2 Å². The van der Waals surface area contributed by atoms with E-state index in [9.17, 15) is 4.39 Å². The Morgan fingerprint density at radius 3 is 2.57 bits per heavy atom. The summed E-state index contributed by atoms with van der Waals surface area (Å²) in [4.78, 5) is 4.47. The molecule has 1 aromatic heterocycles. The fourth-order valence-corrected chi connectivity index (χ4v) is 2.09. The van der Waals surface area contributed by atoms with Crippen LogP contribution < -0.4 is 5.73 Å². The lowest BCUT2D eigenvalue weighted by Gasteiger charge is -2.20. The first-order valence-electron chi connectivity index (χ1n) is 7.22. The third-order valence-corrected chi connectivity index (χ3v) is 3.85. The van der Waals surface area contributed by atoms with Gasteiger partial charge < -0.3 is 10.3 Å². The van der Waals surface area contributed by atoms with E-state index in [4.69, 9.17) is 10.3 Å². The summed E-state index contributed by atoms with van der Waals surface area (Å²) in [7, 11) is 0. The third-order valence-electron chi connectivity index (χ3n) is 3.85. The van der Waals surface area contributed by atoms with E-state index in [-0.39, 0.29) is 5.82 Å². The summed E-state index contributed by atoms with van der Waals surface area (Å²) < 4.78 is 18.3. The minimum absolute atomic E-state index is 0.251. The summed E-state index contributed by atoms with van der Waals surface area (Å²) in [6.45, 7) is 6.75. The number of benzene rings is 1. The molecule has 0 aliphatic rings. The maximum atomic E-state index is 13.0. The first-order chi connectivity index (χ1) is 9.93. The van der Waals surface area contributed by atoms with Gasteiger partial charge in [0.05, 0.1) is 5.41 Å². The second-order valence-electron chi connectivity index (χ2n) is 6.02. The molecule has 2 N–H and O–H groups in total. The topological polar surface area (TPSA) is 64.9 Å². The van der Waals surface area contributed by atoms with E-state index in [1.54, 1.807) is 12.1 Å². The second kappa shape index (κ2) is 6.35. The molecule has 2 aromatic rings. The van der Waals surface area contributed by atoms with Gasteiger partial charge in [-0.25, -0.2) is 4.39 Å². The van der Waals surface area contributed by atoms with E-state index >= 15 is 0 Å². The number of nitrogens with two attached hydrogens (primary N) is 1. The first-order valence-corrected chi connectivity index (χ1v) is 7.22. The largest absolute Gasteiger partial charge is 0.339 e. The highest BCUT2D eigenvalue weighted by molar-refractivity contribution is 5.30. The van der Waals surface area contributed by atoms with E-state index in [2.05, 4.69) is 17.1 Å². The van der Waals surface area contributed by atoms with Gasteiger partial charge in [0.2, 0.25) is 5.89 Å². The van der Waals surface area contributed by atoms with Crippen molar-refractivity contribution in [3.63, 3.8) is 0 Å². The van der Waals surface area contributed by atoms with Crippen LogP contribution in [0.1, 0.15) is 44.5 Å². The van der Waals surface area contributed by atoms with E-state index in [0.717, 1.165) is 18.4 Å². The van der Waals surface area contributed by atoms with Crippen molar-refractivity contribution in [2.45, 2.75) is 39.0 Å². The van der Waals surface area contributed by atoms with Gasteiger partial charge in [0, 0.05) is 6.42 Å². The standard InChI is InChI=1S/C16H22FN3O/c1-11(10-18)4-9-14-19-15(20-21-14)16(2,3)12-5-7-13(17)8-6-12/h5-8,11H,4,9-10,18H2,1-3H3. The molecule has 0 spiro atoms. The van der Waals surface area contributed by atoms with Gasteiger partial charge in [-0.3, -0.25) is 0 Å². The Morgan fingerprint density at radius 1 is 1.29 bits per heavy atom. The summed E-state index contributed by atoms with van der Waals surface area (Å²) in [5, 5.41) is 4.08. The molecule has 1 aromatic carbocycles. The number of nitrogens with zero attached hydrogens (tertiary/aromatic N) is 2. The summed E-state index contributed by atoms with van der Waals surface area (Å²) in [5.41, 5.74) is 6.13. The number of halogens is 1. The van der Waals surface area contributed by atoms with Gasteiger partial charge >= 0.3 is 0 Å². The first kappa shape index (κ1) is 15.6. The van der Waals surface area contributed by atoms with Crippen LogP contribution in [0.15, 0.2) is 28.8 Å². The SMILES string of the molecule is CC(CN)CCc1nc(C(C)(C)c2ccc(F)cc2)no1. The van der Waals surface area contributed by atoms with Crippen molar-refractivity contribution < 1.29 is 8.91 Å². The molecule has 0 aliphatic heterocycles. The number of aromatic nitrogens is 2. The van der Waals surface area contributed by atoms with Crippen LogP contribution in [0.2, 0.25) is 0 Å². The molecule has 1 heterocycles. The molecule has 1 unspecified atom stereocenters. The fourth-order valence-electron chi connectivity index (χ4n) is 2.09. The Morgan fingerprint density at radius 2 is 1.95 bits per heavy atom. The fraction of sp³-hybridized carbons (Fsp3) is 0.500. The van der Waals surface area contributed by atoms with Crippen molar-refractivity contribution in [2.24, 2.45) is 11.7 Å². The van der Waals surface area contributed by atoms with E-state index in [1.165, 1.54) is 12.1 Å². The maximum Gasteiger partial charge on any atom is 0.226 e. The lowest BCUT2D eigenvalue weighted by molar-refractivity contribution is 0.355. The molecule has 5 heteroatoms. The predicted octanol–water partition coefficient (Wildman–Crippen LogP) is 3.06. The van der Waals surface area contributed by atoms with Gasteiger partial charge in [-0.2, -0.15) is 4.98 Å². The molecular formula is C16H22FN3O. The molecule has 0 saturated heterocycles. The smallest absolute Gasteiger partial charge is 0.226 e. The van der Waals surface area contributed by atoms with Crippen LogP contribution in [-0.2, 0) is 11.8 Å². The van der Waals surface area contributed by atoms with Crippen molar-refractivity contribution in [3.8, 4) is 0 Å². The van der Waals surface area contributed by atoms with Crippen molar-refractivity contribution in [2.75, 3.05) is 6.54 Å².